The van der Waals surface area contributed by atoms with Gasteiger partial charge in [-0.25, -0.2) is 0 Å². The fourth-order valence-corrected chi connectivity index (χ4v) is 6.71. The molecule has 6 rings (SSSR count). The van der Waals surface area contributed by atoms with Gasteiger partial charge in [0.15, 0.2) is 0 Å². The molecule has 182 valence electrons. The summed E-state index contributed by atoms with van der Waals surface area (Å²) in [4.78, 5) is 32.6. The van der Waals surface area contributed by atoms with Crippen LogP contribution in [0.1, 0.15) is 51.6 Å². The van der Waals surface area contributed by atoms with Crippen LogP contribution in [0.25, 0.3) is 16.7 Å². The van der Waals surface area contributed by atoms with E-state index in [-0.39, 0.29) is 11.3 Å². The van der Waals surface area contributed by atoms with E-state index in [1.54, 1.807) is 4.90 Å². The van der Waals surface area contributed by atoms with Crippen molar-refractivity contribution < 1.29 is 14.7 Å². The molecule has 2 aromatic carbocycles. The Hall–Kier alpha value is -3.64. The van der Waals surface area contributed by atoms with Gasteiger partial charge in [-0.15, -0.1) is 11.3 Å². The standard InChI is InChI=1S/C30H28N2O3S/c1-18-13-15-36-29(18)26-25(27(33)21-11-10-19-6-2-3-7-20(19)16-21)28(34)30(35)32(26)14-12-22-17-31-24-9-5-4-8-23(22)24/h4-5,8-11,13,15-17,26,31,33H,2-3,6-7,12,14H2,1H3/b27-25-. The molecule has 2 aromatic heterocycles. The van der Waals surface area contributed by atoms with Crippen LogP contribution in [0.3, 0.4) is 0 Å². The predicted molar refractivity (Wildman–Crippen MR) is 143 cm³/mol. The number of nitrogens with one attached hydrogen (secondary N) is 1. The van der Waals surface area contributed by atoms with Gasteiger partial charge in [0.05, 0.1) is 11.6 Å². The Morgan fingerprint density at radius 1 is 1.08 bits per heavy atom. The van der Waals surface area contributed by atoms with E-state index in [1.165, 1.54) is 28.9 Å². The lowest BCUT2D eigenvalue weighted by Gasteiger charge is -2.25. The van der Waals surface area contributed by atoms with Crippen molar-refractivity contribution in [1.29, 1.82) is 0 Å². The van der Waals surface area contributed by atoms with Crippen LogP contribution in [0, 0.1) is 6.92 Å². The maximum absolute atomic E-state index is 13.4. The Morgan fingerprint density at radius 2 is 1.89 bits per heavy atom. The molecule has 3 heterocycles. The van der Waals surface area contributed by atoms with Crippen molar-refractivity contribution in [3.8, 4) is 0 Å². The Balaban J connectivity index is 1.40. The van der Waals surface area contributed by atoms with Crippen molar-refractivity contribution in [3.63, 3.8) is 0 Å². The molecular formula is C30H28N2O3S. The molecule has 1 saturated heterocycles. The number of aromatic nitrogens is 1. The highest BCUT2D eigenvalue weighted by Gasteiger charge is 2.46. The van der Waals surface area contributed by atoms with E-state index in [9.17, 15) is 14.7 Å². The van der Waals surface area contributed by atoms with E-state index >= 15 is 0 Å². The summed E-state index contributed by atoms with van der Waals surface area (Å²) in [7, 11) is 0. The van der Waals surface area contributed by atoms with E-state index in [2.05, 4.69) is 17.1 Å². The quantitative estimate of drug-likeness (QED) is 0.200. The molecular weight excluding hydrogens is 468 g/mol. The number of Topliss-reactive ketones (excluding diaryl/α,β-unsaturated/α-hetero) is 1. The van der Waals surface area contributed by atoms with Gasteiger partial charge in [0, 0.05) is 34.1 Å². The number of hydrogen-bond donors (Lipinski definition) is 2. The fraction of sp³-hybridized carbons (Fsp3) is 0.267. The molecule has 2 N–H and O–H groups in total. The molecule has 1 fully saturated rings. The first-order valence-electron chi connectivity index (χ1n) is 12.5. The summed E-state index contributed by atoms with van der Waals surface area (Å²) in [5.74, 6) is -1.23. The molecule has 0 bridgehead atoms. The maximum Gasteiger partial charge on any atom is 0.295 e. The van der Waals surface area contributed by atoms with E-state index < -0.39 is 17.7 Å². The summed E-state index contributed by atoms with van der Waals surface area (Å²) in [6, 6.07) is 15.4. The van der Waals surface area contributed by atoms with Gasteiger partial charge >= 0.3 is 0 Å². The summed E-state index contributed by atoms with van der Waals surface area (Å²) in [5.41, 5.74) is 6.51. The number of aryl methyl sites for hydroxylation is 3. The summed E-state index contributed by atoms with van der Waals surface area (Å²) in [5, 5.41) is 14.6. The fourth-order valence-electron chi connectivity index (χ4n) is 5.66. The second-order valence-electron chi connectivity index (χ2n) is 9.76. The number of rotatable bonds is 5. The molecule has 4 aromatic rings. The molecule has 36 heavy (non-hydrogen) atoms. The highest BCUT2D eigenvalue weighted by molar-refractivity contribution is 7.10. The number of nitrogens with zero attached hydrogens (tertiary/aromatic N) is 1. The number of hydrogen-bond acceptors (Lipinski definition) is 4. The first-order valence-corrected chi connectivity index (χ1v) is 13.4. The number of likely N-dealkylation sites (tertiary alicyclic amines) is 1. The van der Waals surface area contributed by atoms with Gasteiger partial charge in [-0.3, -0.25) is 9.59 Å². The third-order valence-corrected chi connectivity index (χ3v) is 8.68. The number of benzene rings is 2. The Morgan fingerprint density at radius 3 is 2.69 bits per heavy atom. The molecule has 5 nitrogen and oxygen atoms in total. The molecule has 1 aliphatic carbocycles. The number of thiophene rings is 1. The monoisotopic (exact) mass is 496 g/mol. The predicted octanol–water partition coefficient (Wildman–Crippen LogP) is 6.08. The average Bonchev–Trinajstić information content (AvgIpc) is 3.58. The SMILES string of the molecule is Cc1ccsc1C1/C(=C(/O)c2ccc3c(c2)CCCC3)C(=O)C(=O)N1CCc1c[nH]c2ccccc12. The summed E-state index contributed by atoms with van der Waals surface area (Å²) < 4.78 is 0. The highest BCUT2D eigenvalue weighted by Crippen LogP contribution is 2.43. The molecule has 1 amide bonds. The number of aliphatic hydroxyl groups excluding tert-OH is 1. The van der Waals surface area contributed by atoms with Crippen molar-refractivity contribution in [1.82, 2.24) is 9.88 Å². The molecule has 0 spiro atoms. The zero-order chi connectivity index (χ0) is 24.8. The minimum atomic E-state index is -0.609. The lowest BCUT2D eigenvalue weighted by atomic mass is 9.89. The van der Waals surface area contributed by atoms with Crippen molar-refractivity contribution in [2.75, 3.05) is 6.54 Å². The van der Waals surface area contributed by atoms with Crippen molar-refractivity contribution in [2.24, 2.45) is 0 Å². The number of fused-ring (bicyclic) bond motifs is 2. The van der Waals surface area contributed by atoms with Crippen LogP contribution in [-0.4, -0.2) is 33.2 Å². The average molecular weight is 497 g/mol. The van der Waals surface area contributed by atoms with Gasteiger partial charge in [0.2, 0.25) is 0 Å². The number of carbonyl (C=O) groups excluding carboxylic acids is 2. The first-order chi connectivity index (χ1) is 17.5. The third kappa shape index (κ3) is 3.77. The second-order valence-corrected chi connectivity index (χ2v) is 10.7. The zero-order valence-corrected chi connectivity index (χ0v) is 21.0. The van der Waals surface area contributed by atoms with Gasteiger partial charge in [-0.05, 0) is 84.9 Å². The van der Waals surface area contributed by atoms with E-state index in [0.717, 1.165) is 46.2 Å². The van der Waals surface area contributed by atoms with Crippen LogP contribution < -0.4 is 0 Å². The first kappa shape index (κ1) is 22.8. The number of aliphatic hydroxyl groups is 1. The van der Waals surface area contributed by atoms with Crippen LogP contribution in [0.15, 0.2) is 65.7 Å². The highest BCUT2D eigenvalue weighted by atomic mass is 32.1. The number of aromatic amines is 1. The Bertz CT molecular complexity index is 1530. The van der Waals surface area contributed by atoms with Crippen LogP contribution in [0.4, 0.5) is 0 Å². The Labute approximate surface area is 214 Å². The Kier molecular flexibility index (Phi) is 5.76. The van der Waals surface area contributed by atoms with Crippen molar-refractivity contribution in [3.05, 3.63) is 98.4 Å². The third-order valence-electron chi connectivity index (χ3n) is 7.61. The van der Waals surface area contributed by atoms with E-state index in [1.807, 2.05) is 54.9 Å². The van der Waals surface area contributed by atoms with E-state index in [4.69, 9.17) is 0 Å². The van der Waals surface area contributed by atoms with Gasteiger partial charge in [0.1, 0.15) is 5.76 Å². The number of carbonyl (C=O) groups is 2. The molecule has 0 saturated carbocycles. The second kappa shape index (κ2) is 9.10. The topological polar surface area (TPSA) is 73.4 Å². The van der Waals surface area contributed by atoms with Crippen LogP contribution in [-0.2, 0) is 28.9 Å². The lowest BCUT2D eigenvalue weighted by Crippen LogP contribution is -2.31. The van der Waals surface area contributed by atoms with Crippen LogP contribution >= 0.6 is 11.3 Å². The number of ketones is 1. The van der Waals surface area contributed by atoms with E-state index in [0.29, 0.717) is 18.5 Å². The van der Waals surface area contributed by atoms with Gasteiger partial charge < -0.3 is 15.0 Å². The largest absolute Gasteiger partial charge is 0.507 e. The molecule has 1 unspecified atom stereocenters. The summed E-state index contributed by atoms with van der Waals surface area (Å²) in [6.45, 7) is 2.37. The smallest absolute Gasteiger partial charge is 0.295 e. The molecule has 1 aliphatic heterocycles. The number of amides is 1. The zero-order valence-electron chi connectivity index (χ0n) is 20.2. The molecule has 1 atom stereocenters. The maximum atomic E-state index is 13.4. The van der Waals surface area contributed by atoms with Gasteiger partial charge in [-0.2, -0.15) is 0 Å². The normalized spacial score (nSPS) is 19.2. The number of H-pyrrole nitrogens is 1. The van der Waals surface area contributed by atoms with Crippen LogP contribution in [0.5, 0.6) is 0 Å². The van der Waals surface area contributed by atoms with Crippen molar-refractivity contribution in [2.45, 2.75) is 45.1 Å². The minimum absolute atomic E-state index is 0.0749. The minimum Gasteiger partial charge on any atom is -0.507 e. The summed E-state index contributed by atoms with van der Waals surface area (Å²) >= 11 is 1.52. The van der Waals surface area contributed by atoms with Gasteiger partial charge in [-0.1, -0.05) is 30.3 Å². The number of para-hydroxylation sites is 1. The lowest BCUT2D eigenvalue weighted by molar-refractivity contribution is -0.139. The molecule has 2 aliphatic rings. The van der Waals surface area contributed by atoms with Crippen LogP contribution in [0.2, 0.25) is 0 Å². The molecule has 0 radical (unpaired) electrons. The van der Waals surface area contributed by atoms with Gasteiger partial charge in [0.25, 0.3) is 11.7 Å². The summed E-state index contributed by atoms with van der Waals surface area (Å²) in [6.07, 6.45) is 6.91. The molecule has 6 heteroatoms. The van der Waals surface area contributed by atoms with Crippen molar-refractivity contribution >= 4 is 39.7 Å².